The molecule has 4 aromatic carbocycles. The van der Waals surface area contributed by atoms with Gasteiger partial charge >= 0.3 is 11.9 Å². The van der Waals surface area contributed by atoms with E-state index in [0.29, 0.717) is 12.1 Å². The highest BCUT2D eigenvalue weighted by atomic mass is 32.2. The van der Waals surface area contributed by atoms with Gasteiger partial charge in [-0.15, -0.1) is 15.3 Å². The van der Waals surface area contributed by atoms with Gasteiger partial charge in [0, 0.05) is 5.69 Å². The zero-order chi connectivity index (χ0) is 35.2. The van der Waals surface area contributed by atoms with Crippen LogP contribution in [0.1, 0.15) is 20.7 Å². The van der Waals surface area contributed by atoms with Gasteiger partial charge in [0.05, 0.1) is 22.2 Å². The third kappa shape index (κ3) is 7.13. The van der Waals surface area contributed by atoms with Gasteiger partial charge < -0.3 is 26.2 Å². The van der Waals surface area contributed by atoms with Crippen LogP contribution in [0.25, 0.3) is 10.8 Å². The number of carboxylic acid groups (broad SMARTS) is 2. The summed E-state index contributed by atoms with van der Waals surface area (Å²) in [5.74, 6) is -5.82. The topological polar surface area (TPSA) is 354 Å². The standard InChI is InChI=1S/C24H17N5O15S3/c25-12-1-2-14(15(8-12)45(36,37)38)27-29-20-17(47(42,43)44)7-9-6-16(46(39,40)41)19(21(30)18(9)22(20)31)28-26-13-4-10(23(32)33)3-11(5-13)24(34)35/h1-8,30-31H,25H2,(H,32,33)(H,34,35)(H,36,37,38)(H,39,40,41)(H,42,43,44)/b28-26+,29-27+. The van der Waals surface area contributed by atoms with Gasteiger partial charge in [0.1, 0.15) is 31.7 Å². The molecule has 0 atom stereocenters. The maximum atomic E-state index is 12.2. The van der Waals surface area contributed by atoms with E-state index in [-0.39, 0.29) is 5.69 Å². The van der Waals surface area contributed by atoms with Crippen LogP contribution in [0, 0.1) is 0 Å². The van der Waals surface area contributed by atoms with Gasteiger partial charge in [-0.3, -0.25) is 13.7 Å². The van der Waals surface area contributed by atoms with Crippen LogP contribution in [-0.2, 0) is 30.4 Å². The van der Waals surface area contributed by atoms with Crippen LogP contribution in [-0.4, -0.2) is 71.3 Å². The van der Waals surface area contributed by atoms with Crippen LogP contribution in [0.3, 0.4) is 0 Å². The molecule has 9 N–H and O–H groups in total. The number of anilines is 1. The van der Waals surface area contributed by atoms with Crippen molar-refractivity contribution in [3.63, 3.8) is 0 Å². The van der Waals surface area contributed by atoms with Crippen molar-refractivity contribution in [3.8, 4) is 11.5 Å². The number of hydrogen-bond acceptors (Lipinski definition) is 15. The van der Waals surface area contributed by atoms with E-state index in [0.717, 1.165) is 36.4 Å². The van der Waals surface area contributed by atoms with E-state index in [1.165, 1.54) is 0 Å². The summed E-state index contributed by atoms with van der Waals surface area (Å²) in [5, 5.41) is 53.1. The SMILES string of the molecule is Nc1ccc(/N=N/c2c(S(=O)(=O)O)cc3cc(S(=O)(=O)O)c(/N=N/c4cc(C(=O)O)cc(C(=O)O)c4)c(O)c3c2O)c(S(=O)(=O)O)c1. The Balaban J connectivity index is 2.05. The molecule has 0 aliphatic heterocycles. The quantitative estimate of drug-likeness (QED) is 0.0695. The molecule has 0 aromatic heterocycles. The molecule has 246 valence electrons. The highest BCUT2D eigenvalue weighted by Crippen LogP contribution is 2.50. The number of azo groups is 2. The van der Waals surface area contributed by atoms with E-state index in [1.807, 2.05) is 0 Å². The summed E-state index contributed by atoms with van der Waals surface area (Å²) in [7, 11) is -15.7. The summed E-state index contributed by atoms with van der Waals surface area (Å²) in [6.45, 7) is 0. The zero-order valence-electron chi connectivity index (χ0n) is 22.6. The van der Waals surface area contributed by atoms with Gasteiger partial charge in [-0.25, -0.2) is 9.59 Å². The number of phenols is 2. The highest BCUT2D eigenvalue weighted by molar-refractivity contribution is 7.86. The van der Waals surface area contributed by atoms with Crippen LogP contribution < -0.4 is 5.73 Å². The fourth-order valence-corrected chi connectivity index (χ4v) is 5.97. The first-order valence-corrected chi connectivity index (χ1v) is 16.2. The van der Waals surface area contributed by atoms with Crippen molar-refractivity contribution in [2.75, 3.05) is 5.73 Å². The number of fused-ring (bicyclic) bond motifs is 1. The molecule has 0 saturated heterocycles. The molecular weight excluding hydrogens is 694 g/mol. The molecule has 0 radical (unpaired) electrons. The van der Waals surface area contributed by atoms with E-state index in [1.54, 1.807) is 0 Å². The lowest BCUT2D eigenvalue weighted by atomic mass is 10.1. The number of aromatic hydroxyl groups is 2. The molecule has 4 aromatic rings. The van der Waals surface area contributed by atoms with Crippen molar-refractivity contribution in [2.45, 2.75) is 14.7 Å². The van der Waals surface area contributed by atoms with Crippen molar-refractivity contribution in [3.05, 3.63) is 59.7 Å². The van der Waals surface area contributed by atoms with Crippen molar-refractivity contribution < 1.29 is 68.9 Å². The number of carbonyl (C=O) groups is 2. The van der Waals surface area contributed by atoms with Crippen LogP contribution in [0.4, 0.5) is 28.4 Å². The number of carboxylic acids is 2. The van der Waals surface area contributed by atoms with Gasteiger partial charge in [-0.2, -0.15) is 30.4 Å². The van der Waals surface area contributed by atoms with E-state index in [2.05, 4.69) is 20.5 Å². The number of hydrogen-bond donors (Lipinski definition) is 8. The van der Waals surface area contributed by atoms with Gasteiger partial charge in [0.2, 0.25) is 0 Å². The van der Waals surface area contributed by atoms with Crippen molar-refractivity contribution in [1.82, 2.24) is 0 Å². The Bertz CT molecular complexity index is 2390. The molecule has 0 bridgehead atoms. The normalized spacial score (nSPS) is 12.7. The Hall–Kier alpha value is -5.59. The third-order valence-electron chi connectivity index (χ3n) is 6.00. The first-order valence-electron chi connectivity index (χ1n) is 11.9. The number of benzene rings is 4. The lowest BCUT2D eigenvalue weighted by Gasteiger charge is -2.13. The molecule has 0 saturated carbocycles. The summed E-state index contributed by atoms with van der Waals surface area (Å²) in [4.78, 5) is 19.4. The van der Waals surface area contributed by atoms with Crippen LogP contribution in [0.2, 0.25) is 0 Å². The highest BCUT2D eigenvalue weighted by Gasteiger charge is 2.29. The van der Waals surface area contributed by atoms with Gasteiger partial charge in [0.15, 0.2) is 11.5 Å². The number of nitrogen functional groups attached to an aromatic ring is 1. The maximum Gasteiger partial charge on any atom is 0.335 e. The molecule has 0 amide bonds. The van der Waals surface area contributed by atoms with Crippen molar-refractivity contribution in [1.29, 1.82) is 0 Å². The average Bonchev–Trinajstić information content (AvgIpc) is 2.94. The summed E-state index contributed by atoms with van der Waals surface area (Å²) >= 11 is 0. The summed E-state index contributed by atoms with van der Waals surface area (Å²) < 4.78 is 102. The second-order valence-electron chi connectivity index (χ2n) is 9.17. The van der Waals surface area contributed by atoms with E-state index in [4.69, 9.17) is 5.73 Å². The monoisotopic (exact) mass is 711 g/mol. The Morgan fingerprint density at radius 3 is 1.47 bits per heavy atom. The molecular formula is C24H17N5O15S3. The van der Waals surface area contributed by atoms with Crippen LogP contribution >= 0.6 is 0 Å². The van der Waals surface area contributed by atoms with Gasteiger partial charge in [-0.1, -0.05) is 0 Å². The molecule has 0 aliphatic rings. The minimum absolute atomic E-state index is 0.154. The largest absolute Gasteiger partial charge is 0.505 e. The van der Waals surface area contributed by atoms with Crippen LogP contribution in [0.15, 0.2) is 83.7 Å². The van der Waals surface area contributed by atoms with Crippen molar-refractivity contribution >= 4 is 81.5 Å². The summed E-state index contributed by atoms with van der Waals surface area (Å²) in [6.07, 6.45) is 0. The Morgan fingerprint density at radius 2 is 1.04 bits per heavy atom. The number of phenolic OH excluding ortho intramolecular Hbond substituents is 2. The van der Waals surface area contributed by atoms with E-state index >= 15 is 0 Å². The molecule has 23 heteroatoms. The lowest BCUT2D eigenvalue weighted by molar-refractivity contribution is 0.0696. The third-order valence-corrected chi connectivity index (χ3v) is 8.62. The molecule has 0 spiro atoms. The predicted molar refractivity (Wildman–Crippen MR) is 156 cm³/mol. The first kappa shape index (κ1) is 34.3. The smallest absolute Gasteiger partial charge is 0.335 e. The first-order chi connectivity index (χ1) is 21.6. The molecule has 4 rings (SSSR count). The molecule has 0 fully saturated rings. The zero-order valence-corrected chi connectivity index (χ0v) is 25.1. The lowest BCUT2D eigenvalue weighted by Crippen LogP contribution is -2.02. The predicted octanol–water partition coefficient (Wildman–Crippen LogP) is 3.80. The molecule has 0 aliphatic carbocycles. The van der Waals surface area contributed by atoms with Gasteiger partial charge in [-0.05, 0) is 53.9 Å². The van der Waals surface area contributed by atoms with Crippen molar-refractivity contribution in [2.24, 2.45) is 20.5 Å². The van der Waals surface area contributed by atoms with E-state index < -0.39 is 113 Å². The molecule has 47 heavy (non-hydrogen) atoms. The minimum Gasteiger partial charge on any atom is -0.505 e. The van der Waals surface area contributed by atoms with Gasteiger partial charge in [0.25, 0.3) is 30.4 Å². The number of nitrogens with zero attached hydrogens (tertiary/aromatic N) is 4. The molecule has 0 heterocycles. The number of nitrogens with two attached hydrogens (primary N) is 1. The van der Waals surface area contributed by atoms with Crippen LogP contribution in [0.5, 0.6) is 11.5 Å². The Kier molecular flexibility index (Phi) is 8.73. The Labute approximate surface area is 262 Å². The molecule has 0 unspecified atom stereocenters. The number of rotatable bonds is 9. The van der Waals surface area contributed by atoms with E-state index in [9.17, 15) is 68.9 Å². The summed E-state index contributed by atoms with van der Waals surface area (Å²) in [6, 6.07) is 6.17. The average molecular weight is 712 g/mol. The second kappa shape index (κ2) is 12.0. The molecule has 20 nitrogen and oxygen atoms in total. The minimum atomic E-state index is -5.37. The second-order valence-corrected chi connectivity index (χ2v) is 13.3. The fraction of sp³-hybridized carbons (Fsp3) is 0. The fourth-order valence-electron chi connectivity index (χ4n) is 3.99. The number of aromatic carboxylic acids is 2. The summed E-state index contributed by atoms with van der Waals surface area (Å²) in [5.41, 5.74) is 0.761. The maximum absolute atomic E-state index is 12.2. The Morgan fingerprint density at radius 1 is 0.596 bits per heavy atom.